The van der Waals surface area contributed by atoms with E-state index in [0.717, 1.165) is 18.4 Å². The van der Waals surface area contributed by atoms with Crippen molar-refractivity contribution in [3.8, 4) is 0 Å². The van der Waals surface area contributed by atoms with Crippen LogP contribution in [0.2, 0.25) is 0 Å². The lowest BCUT2D eigenvalue weighted by molar-refractivity contribution is -0.125. The van der Waals surface area contributed by atoms with Crippen LogP contribution >= 0.6 is 0 Å². The highest BCUT2D eigenvalue weighted by atomic mass is 32.2. The Morgan fingerprint density at radius 1 is 1.08 bits per heavy atom. The number of sulfonamides is 1. The molecule has 1 aliphatic rings. The van der Waals surface area contributed by atoms with Gasteiger partial charge in [-0.2, -0.15) is 4.31 Å². The third-order valence-electron chi connectivity index (χ3n) is 4.49. The molecule has 5 nitrogen and oxygen atoms in total. The van der Waals surface area contributed by atoms with Gasteiger partial charge in [-0.1, -0.05) is 36.8 Å². The number of nitrogens with one attached hydrogen (secondary N) is 1. The molecule has 2 aromatic rings. The van der Waals surface area contributed by atoms with Crippen LogP contribution < -0.4 is 5.32 Å². The summed E-state index contributed by atoms with van der Waals surface area (Å²) in [6.07, 6.45) is 2.02. The maximum absolute atomic E-state index is 13.0. The molecule has 1 amide bonds. The lowest BCUT2D eigenvalue weighted by Crippen LogP contribution is -2.51. The number of rotatable bonds is 5. The Kier molecular flexibility index (Phi) is 5.68. The smallest absolute Gasteiger partial charge is 0.243 e. The van der Waals surface area contributed by atoms with Gasteiger partial charge in [0.1, 0.15) is 11.9 Å². The summed E-state index contributed by atoms with van der Waals surface area (Å²) in [5.41, 5.74) is 0.757. The van der Waals surface area contributed by atoms with Gasteiger partial charge in [-0.3, -0.25) is 4.79 Å². The molecule has 0 aliphatic carbocycles. The fourth-order valence-corrected chi connectivity index (χ4v) is 4.77. The van der Waals surface area contributed by atoms with Gasteiger partial charge in [0.15, 0.2) is 0 Å². The largest absolute Gasteiger partial charge is 0.351 e. The molecule has 0 bridgehead atoms. The highest BCUT2D eigenvalue weighted by Gasteiger charge is 2.37. The molecule has 138 valence electrons. The second kappa shape index (κ2) is 7.97. The van der Waals surface area contributed by atoms with E-state index in [0.29, 0.717) is 13.0 Å². The van der Waals surface area contributed by atoms with Gasteiger partial charge in [0.05, 0.1) is 4.90 Å². The first kappa shape index (κ1) is 18.5. The van der Waals surface area contributed by atoms with Gasteiger partial charge < -0.3 is 5.32 Å². The summed E-state index contributed by atoms with van der Waals surface area (Å²) in [7, 11) is -3.72. The first-order chi connectivity index (χ1) is 12.5. The summed E-state index contributed by atoms with van der Waals surface area (Å²) >= 11 is 0. The van der Waals surface area contributed by atoms with E-state index >= 15 is 0 Å². The fraction of sp³-hybridized carbons (Fsp3) is 0.316. The molecular weight excluding hydrogens is 355 g/mol. The summed E-state index contributed by atoms with van der Waals surface area (Å²) in [6.45, 7) is 0.556. The maximum atomic E-state index is 13.0. The van der Waals surface area contributed by atoms with Crippen molar-refractivity contribution in [1.29, 1.82) is 0 Å². The molecule has 3 rings (SSSR count). The second-order valence-corrected chi connectivity index (χ2v) is 8.18. The Morgan fingerprint density at radius 3 is 2.46 bits per heavy atom. The zero-order valence-corrected chi connectivity index (χ0v) is 15.1. The predicted molar refractivity (Wildman–Crippen MR) is 96.2 cm³/mol. The molecule has 1 aliphatic heterocycles. The van der Waals surface area contributed by atoms with E-state index in [1.54, 1.807) is 30.3 Å². The van der Waals surface area contributed by atoms with Crippen LogP contribution in [0.15, 0.2) is 59.5 Å². The van der Waals surface area contributed by atoms with Crippen molar-refractivity contribution in [3.63, 3.8) is 0 Å². The van der Waals surface area contributed by atoms with Gasteiger partial charge >= 0.3 is 0 Å². The van der Waals surface area contributed by atoms with Crippen molar-refractivity contribution < 1.29 is 17.6 Å². The van der Waals surface area contributed by atoms with Crippen LogP contribution in [0.1, 0.15) is 24.8 Å². The number of carbonyl (C=O) groups excluding carboxylic acids is 1. The third kappa shape index (κ3) is 4.11. The van der Waals surface area contributed by atoms with Gasteiger partial charge in [0.2, 0.25) is 15.9 Å². The van der Waals surface area contributed by atoms with Crippen molar-refractivity contribution >= 4 is 15.9 Å². The molecule has 1 N–H and O–H groups in total. The number of amides is 1. The highest BCUT2D eigenvalue weighted by molar-refractivity contribution is 7.89. The molecule has 0 aromatic heterocycles. The Hall–Kier alpha value is -2.25. The summed E-state index contributed by atoms with van der Waals surface area (Å²) in [5.74, 6) is -0.666. The Morgan fingerprint density at radius 2 is 1.77 bits per heavy atom. The Bertz CT molecular complexity index is 854. The van der Waals surface area contributed by atoms with Crippen LogP contribution in [0.25, 0.3) is 0 Å². The molecule has 7 heteroatoms. The first-order valence-corrected chi connectivity index (χ1v) is 10.0. The van der Waals surface area contributed by atoms with Crippen molar-refractivity contribution in [2.75, 3.05) is 6.54 Å². The average Bonchev–Trinajstić information content (AvgIpc) is 2.68. The predicted octanol–water partition coefficient (Wildman–Crippen LogP) is 2.69. The lowest BCUT2D eigenvalue weighted by atomic mass is 10.0. The maximum Gasteiger partial charge on any atom is 0.243 e. The third-order valence-corrected chi connectivity index (χ3v) is 6.41. The quantitative estimate of drug-likeness (QED) is 0.873. The van der Waals surface area contributed by atoms with E-state index in [9.17, 15) is 17.6 Å². The number of carbonyl (C=O) groups is 1. The van der Waals surface area contributed by atoms with E-state index in [-0.39, 0.29) is 23.2 Å². The highest BCUT2D eigenvalue weighted by Crippen LogP contribution is 2.25. The Balaban J connectivity index is 1.74. The minimum atomic E-state index is -3.72. The van der Waals surface area contributed by atoms with E-state index in [1.165, 1.54) is 28.6 Å². The molecular formula is C19H21FN2O3S. The van der Waals surface area contributed by atoms with Gasteiger partial charge in [-0.05, 0) is 42.7 Å². The number of halogens is 1. The van der Waals surface area contributed by atoms with Crippen molar-refractivity contribution in [1.82, 2.24) is 9.62 Å². The van der Waals surface area contributed by atoms with Crippen LogP contribution in [0, 0.1) is 5.82 Å². The van der Waals surface area contributed by atoms with Gasteiger partial charge in [-0.15, -0.1) is 0 Å². The summed E-state index contributed by atoms with van der Waals surface area (Å²) in [4.78, 5) is 12.8. The second-order valence-electron chi connectivity index (χ2n) is 6.28. The number of benzene rings is 2. The normalized spacial score (nSPS) is 18.4. The molecule has 1 saturated heterocycles. The molecule has 2 aromatic carbocycles. The first-order valence-electron chi connectivity index (χ1n) is 8.57. The van der Waals surface area contributed by atoms with Gasteiger partial charge in [0, 0.05) is 13.1 Å². The fourth-order valence-electron chi connectivity index (χ4n) is 3.09. The standard InChI is InChI=1S/C19H21FN2O3S/c20-16-11-9-15(10-12-16)14-21-19(23)18-8-4-5-13-22(18)26(24,25)17-6-2-1-3-7-17/h1-3,6-7,9-12,18H,4-5,8,13-14H2,(H,21,23)/t18-/m1/s1. The lowest BCUT2D eigenvalue weighted by Gasteiger charge is -2.33. The van der Waals surface area contributed by atoms with E-state index in [1.807, 2.05) is 0 Å². The molecule has 1 fully saturated rings. The van der Waals surface area contributed by atoms with Gasteiger partial charge in [-0.25, -0.2) is 12.8 Å². The summed E-state index contributed by atoms with van der Waals surface area (Å²) in [5, 5.41) is 2.77. The van der Waals surface area contributed by atoms with Gasteiger partial charge in [0.25, 0.3) is 0 Å². The van der Waals surface area contributed by atoms with E-state index in [2.05, 4.69) is 5.32 Å². The minimum absolute atomic E-state index is 0.193. The SMILES string of the molecule is O=C(NCc1ccc(F)cc1)[C@H]1CCCCN1S(=O)(=O)c1ccccc1. The summed E-state index contributed by atoms with van der Waals surface area (Å²) in [6, 6.07) is 13.3. The zero-order valence-electron chi connectivity index (χ0n) is 14.3. The monoisotopic (exact) mass is 376 g/mol. The van der Waals surface area contributed by atoms with E-state index < -0.39 is 16.1 Å². The molecule has 0 saturated carbocycles. The van der Waals surface area contributed by atoms with Crippen LogP contribution in [0.4, 0.5) is 4.39 Å². The van der Waals surface area contributed by atoms with Crippen molar-refractivity contribution in [3.05, 3.63) is 66.0 Å². The number of nitrogens with zero attached hydrogens (tertiary/aromatic N) is 1. The molecule has 1 heterocycles. The van der Waals surface area contributed by atoms with Crippen LogP contribution in [-0.4, -0.2) is 31.2 Å². The van der Waals surface area contributed by atoms with E-state index in [4.69, 9.17) is 0 Å². The molecule has 26 heavy (non-hydrogen) atoms. The van der Waals surface area contributed by atoms with Crippen molar-refractivity contribution in [2.45, 2.75) is 36.7 Å². The number of hydrogen-bond donors (Lipinski definition) is 1. The van der Waals surface area contributed by atoms with Crippen LogP contribution in [-0.2, 0) is 21.4 Å². The number of piperidine rings is 1. The number of hydrogen-bond acceptors (Lipinski definition) is 3. The molecule has 1 atom stereocenters. The molecule has 0 spiro atoms. The minimum Gasteiger partial charge on any atom is -0.351 e. The Labute approximate surface area is 152 Å². The molecule has 0 unspecified atom stereocenters. The zero-order chi connectivity index (χ0) is 18.6. The van der Waals surface area contributed by atoms with Crippen molar-refractivity contribution in [2.24, 2.45) is 0 Å². The average molecular weight is 376 g/mol. The van der Waals surface area contributed by atoms with Crippen LogP contribution in [0.5, 0.6) is 0 Å². The topological polar surface area (TPSA) is 66.5 Å². The molecule has 0 radical (unpaired) electrons. The van der Waals surface area contributed by atoms with Crippen LogP contribution in [0.3, 0.4) is 0 Å². The summed E-state index contributed by atoms with van der Waals surface area (Å²) < 4.78 is 40.1.